The third-order valence-corrected chi connectivity index (χ3v) is 9.99. The summed E-state index contributed by atoms with van der Waals surface area (Å²) in [4.78, 5) is 17.5. The van der Waals surface area contributed by atoms with Crippen LogP contribution < -0.4 is 5.32 Å². The first-order chi connectivity index (χ1) is 17.6. The smallest absolute Gasteiger partial charge is 0.317 e. The zero-order chi connectivity index (χ0) is 26.8. The lowest BCUT2D eigenvalue weighted by atomic mass is 9.68. The monoisotopic (exact) mass is 520 g/mol. The van der Waals surface area contributed by atoms with Crippen molar-refractivity contribution in [2.75, 3.05) is 26.4 Å². The molecule has 0 aromatic heterocycles. The van der Waals surface area contributed by atoms with Crippen molar-refractivity contribution in [3.05, 3.63) is 58.1 Å². The number of benzene rings is 1. The van der Waals surface area contributed by atoms with E-state index in [2.05, 4.69) is 35.5 Å². The van der Waals surface area contributed by atoms with Gasteiger partial charge in [0.25, 0.3) is 0 Å². The minimum atomic E-state index is -3.49. The number of hydrogen-bond acceptors (Lipinski definition) is 5. The van der Waals surface area contributed by atoms with E-state index in [-0.39, 0.29) is 33.3 Å². The van der Waals surface area contributed by atoms with Crippen molar-refractivity contribution >= 4 is 15.9 Å². The van der Waals surface area contributed by atoms with Gasteiger partial charge in [-0.2, -0.15) is 5.26 Å². The number of nitrogens with zero attached hydrogens (tertiary/aromatic N) is 3. The van der Waals surface area contributed by atoms with Gasteiger partial charge in [-0.1, -0.05) is 42.7 Å². The first-order valence-electron chi connectivity index (χ1n) is 12.9. The van der Waals surface area contributed by atoms with E-state index in [0.717, 1.165) is 44.8 Å². The molecule has 3 fully saturated rings. The fourth-order valence-electron chi connectivity index (χ4n) is 5.95. The van der Waals surface area contributed by atoms with Gasteiger partial charge in [0.1, 0.15) is 11.8 Å². The van der Waals surface area contributed by atoms with Crippen molar-refractivity contribution in [2.45, 2.75) is 62.9 Å². The molecule has 0 bridgehead atoms. The Morgan fingerprint density at radius 3 is 2.35 bits per heavy atom. The van der Waals surface area contributed by atoms with Crippen LogP contribution in [0.25, 0.3) is 0 Å². The van der Waals surface area contributed by atoms with Crippen LogP contribution in [0.1, 0.15) is 57.4 Å². The van der Waals surface area contributed by atoms with Crippen LogP contribution in [0.5, 0.6) is 0 Å². The molecule has 2 aliphatic carbocycles. The first-order valence-corrected chi connectivity index (χ1v) is 14.8. The minimum Gasteiger partial charge on any atom is -0.317 e. The van der Waals surface area contributed by atoms with Gasteiger partial charge in [0.05, 0.1) is 17.7 Å². The molecule has 4 rings (SSSR count). The Balaban J connectivity index is 1.70. The van der Waals surface area contributed by atoms with Crippen LogP contribution >= 0.6 is 0 Å². The minimum absolute atomic E-state index is 0.0177. The highest BCUT2D eigenvalue weighted by molar-refractivity contribution is 7.94. The molecule has 1 saturated heterocycles. The molecular weight excluding hydrogens is 484 g/mol. The molecule has 1 aliphatic heterocycles. The van der Waals surface area contributed by atoms with Gasteiger partial charge in [0.15, 0.2) is 9.84 Å². The summed E-state index contributed by atoms with van der Waals surface area (Å²) < 4.78 is 24.0. The van der Waals surface area contributed by atoms with Crippen molar-refractivity contribution in [1.82, 2.24) is 15.1 Å². The maximum atomic E-state index is 13.9. The second kappa shape index (κ2) is 10.4. The van der Waals surface area contributed by atoms with E-state index in [1.807, 2.05) is 24.1 Å². The van der Waals surface area contributed by atoms with E-state index in [1.54, 1.807) is 0 Å². The summed E-state index contributed by atoms with van der Waals surface area (Å²) in [5, 5.41) is 13.4. The molecule has 0 unspecified atom stereocenters. The number of terminal acetylenes is 1. The average Bonchev–Trinajstić information content (AvgIpc) is 3.12. The number of nitriles is 1. The molecule has 1 heterocycles. The SMILES string of the molecule is C#C/C(=C(C#N)\C=C(/C)S(C)(=O)=O)N1CC2(CCC(NC)(c3ccccc3)CC2)N(CC2CCC2)C1=O. The molecular formula is C29H36N4O3S. The van der Waals surface area contributed by atoms with E-state index in [0.29, 0.717) is 19.0 Å². The molecule has 37 heavy (non-hydrogen) atoms. The highest BCUT2D eigenvalue weighted by atomic mass is 32.2. The molecule has 2 saturated carbocycles. The average molecular weight is 521 g/mol. The zero-order valence-electron chi connectivity index (χ0n) is 22.0. The highest BCUT2D eigenvalue weighted by Gasteiger charge is 2.55. The van der Waals surface area contributed by atoms with Gasteiger partial charge in [0, 0.05) is 23.2 Å². The van der Waals surface area contributed by atoms with Crippen molar-refractivity contribution < 1.29 is 13.2 Å². The molecule has 1 spiro atoms. The Kier molecular flexibility index (Phi) is 7.55. The molecule has 1 aromatic rings. The summed E-state index contributed by atoms with van der Waals surface area (Å²) in [5.41, 5.74) is 0.850. The van der Waals surface area contributed by atoms with E-state index < -0.39 is 9.84 Å². The van der Waals surface area contributed by atoms with E-state index in [9.17, 15) is 18.5 Å². The Morgan fingerprint density at radius 2 is 1.86 bits per heavy atom. The molecule has 3 aliphatic rings. The molecule has 1 aromatic carbocycles. The van der Waals surface area contributed by atoms with Gasteiger partial charge in [0.2, 0.25) is 0 Å². The Labute approximate surface area is 221 Å². The van der Waals surface area contributed by atoms with E-state index in [4.69, 9.17) is 6.42 Å². The third-order valence-electron chi connectivity index (χ3n) is 8.71. The van der Waals surface area contributed by atoms with E-state index in [1.165, 1.54) is 29.9 Å². The molecule has 2 amide bonds. The van der Waals surface area contributed by atoms with Crippen LogP contribution in [0.2, 0.25) is 0 Å². The third kappa shape index (κ3) is 5.06. The van der Waals surface area contributed by atoms with Crippen LogP contribution in [0, 0.1) is 29.6 Å². The normalized spacial score (nSPS) is 27.5. The maximum Gasteiger partial charge on any atom is 0.325 e. The number of rotatable bonds is 7. The summed E-state index contributed by atoms with van der Waals surface area (Å²) in [6.45, 7) is 2.51. The summed E-state index contributed by atoms with van der Waals surface area (Å²) in [6.07, 6.45) is 15.0. The van der Waals surface area contributed by atoms with Crippen LogP contribution in [0.15, 0.2) is 52.6 Å². The zero-order valence-corrected chi connectivity index (χ0v) is 22.8. The molecule has 0 atom stereocenters. The summed E-state index contributed by atoms with van der Waals surface area (Å²) in [6, 6.07) is 12.3. The summed E-state index contributed by atoms with van der Waals surface area (Å²) in [5.74, 6) is 3.02. The largest absolute Gasteiger partial charge is 0.325 e. The standard InChI is InChI=1S/C29H36N4O3S/c1-5-26(24(19-30)18-22(2)37(4,35)36)32-21-28(33(27(32)34)20-23-10-9-11-23)14-16-29(31-3,17-15-28)25-12-7-6-8-13-25/h1,6-8,12-13,18,23,31H,9-11,14-17,20-21H2,2-4H3/b22-18+,26-24-. The van der Waals surface area contributed by atoms with Gasteiger partial charge in [-0.15, -0.1) is 6.42 Å². The molecule has 0 radical (unpaired) electrons. The number of nitrogens with one attached hydrogen (secondary N) is 1. The number of carbonyl (C=O) groups is 1. The van der Waals surface area contributed by atoms with Gasteiger partial charge in [-0.05, 0) is 70.1 Å². The predicted molar refractivity (Wildman–Crippen MR) is 145 cm³/mol. The Morgan fingerprint density at radius 1 is 1.22 bits per heavy atom. The second-order valence-corrected chi connectivity index (χ2v) is 12.9. The van der Waals surface area contributed by atoms with Crippen LogP contribution in [-0.2, 0) is 15.4 Å². The molecule has 1 N–H and O–H groups in total. The predicted octanol–water partition coefficient (Wildman–Crippen LogP) is 4.31. The first kappa shape index (κ1) is 27.0. The molecule has 196 valence electrons. The van der Waals surface area contributed by atoms with Crippen molar-refractivity contribution in [3.63, 3.8) is 0 Å². The van der Waals surface area contributed by atoms with Gasteiger partial charge in [-0.3, -0.25) is 4.90 Å². The number of sulfone groups is 1. The van der Waals surface area contributed by atoms with Crippen LogP contribution in [-0.4, -0.2) is 56.2 Å². The Bertz CT molecular complexity index is 1290. The summed E-state index contributed by atoms with van der Waals surface area (Å²) >= 11 is 0. The lowest BCUT2D eigenvalue weighted by Crippen LogP contribution is -2.56. The van der Waals surface area contributed by atoms with Gasteiger partial charge in [-0.25, -0.2) is 13.2 Å². The van der Waals surface area contributed by atoms with Crippen molar-refractivity contribution in [2.24, 2.45) is 5.92 Å². The molecule has 8 heteroatoms. The number of amides is 2. The fourth-order valence-corrected chi connectivity index (χ4v) is 6.28. The van der Waals surface area contributed by atoms with E-state index >= 15 is 0 Å². The Hall–Kier alpha value is -3.07. The lowest BCUT2D eigenvalue weighted by molar-refractivity contribution is 0.0586. The molecule has 7 nitrogen and oxygen atoms in total. The van der Waals surface area contributed by atoms with Gasteiger partial charge < -0.3 is 10.2 Å². The van der Waals surface area contributed by atoms with Crippen molar-refractivity contribution in [3.8, 4) is 18.4 Å². The number of hydrogen-bond donors (Lipinski definition) is 1. The highest BCUT2D eigenvalue weighted by Crippen LogP contribution is 2.48. The lowest BCUT2D eigenvalue weighted by Gasteiger charge is -2.49. The summed E-state index contributed by atoms with van der Waals surface area (Å²) in [7, 11) is -1.49. The fraction of sp³-hybridized carbons (Fsp3) is 0.517. The topological polar surface area (TPSA) is 93.5 Å². The van der Waals surface area contributed by atoms with Crippen molar-refractivity contribution in [1.29, 1.82) is 5.26 Å². The van der Waals surface area contributed by atoms with Crippen LogP contribution in [0.4, 0.5) is 4.79 Å². The quantitative estimate of drug-likeness (QED) is 0.329. The van der Waals surface area contributed by atoms with Crippen LogP contribution in [0.3, 0.4) is 0 Å². The maximum absolute atomic E-state index is 13.9. The number of allylic oxidation sites excluding steroid dienone is 4. The second-order valence-electron chi connectivity index (χ2n) is 10.7. The number of carbonyl (C=O) groups excluding carboxylic acids is 1. The van der Waals surface area contributed by atoms with Gasteiger partial charge >= 0.3 is 6.03 Å². The number of urea groups is 1.